The monoisotopic (exact) mass is 897 g/mol. The van der Waals surface area contributed by atoms with Crippen molar-refractivity contribution >= 4 is 24.3 Å². The van der Waals surface area contributed by atoms with Gasteiger partial charge in [0.15, 0.2) is 0 Å². The van der Waals surface area contributed by atoms with Gasteiger partial charge in [-0.05, 0) is 93.3 Å². The van der Waals surface area contributed by atoms with Gasteiger partial charge in [0.05, 0.1) is 63.5 Å². The van der Waals surface area contributed by atoms with E-state index in [0.717, 1.165) is 91.0 Å². The summed E-state index contributed by atoms with van der Waals surface area (Å²) in [5.41, 5.74) is 11.1. The Morgan fingerprint density at radius 2 is 1.25 bits per heavy atom. The Bertz CT molecular complexity index is 2410. The molecule has 0 spiro atoms. The predicted octanol–water partition coefficient (Wildman–Crippen LogP) is 10.4. The SMILES string of the molecule is C.CCOC(=O)C1CCC(CC(=O)N2CCc3c(-c4ccccc4)nn(Cc4ccc(F)cc4)c3C2)CC1.Cl.Fc1ccc(Cn2nc(-c3ccccc3)c3c2CNCC3)cc1.[2H]CF. The van der Waals surface area contributed by atoms with Gasteiger partial charge in [0.25, 0.3) is 0 Å². The summed E-state index contributed by atoms with van der Waals surface area (Å²) < 4.78 is 51.3. The number of nitrogens with one attached hydrogen (secondary N) is 1. The van der Waals surface area contributed by atoms with Gasteiger partial charge in [-0.15, -0.1) is 12.4 Å². The summed E-state index contributed by atoms with van der Waals surface area (Å²) in [6, 6.07) is 33.6. The van der Waals surface area contributed by atoms with Crippen molar-refractivity contribution < 1.29 is 28.9 Å². The maximum atomic E-state index is 13.5. The molecule has 13 heteroatoms. The van der Waals surface area contributed by atoms with Crippen molar-refractivity contribution in [2.24, 2.45) is 11.8 Å². The number of aromatic nitrogens is 4. The van der Waals surface area contributed by atoms with Crippen LogP contribution in [0.15, 0.2) is 109 Å². The van der Waals surface area contributed by atoms with Gasteiger partial charge in [-0.25, -0.2) is 8.78 Å². The van der Waals surface area contributed by atoms with Gasteiger partial charge in [-0.2, -0.15) is 10.2 Å². The number of carbonyl (C=O) groups excluding carboxylic acids is 2. The molecule has 2 aromatic heterocycles. The number of nitrogens with zero attached hydrogens (tertiary/aromatic N) is 5. The molecule has 0 unspecified atom stereocenters. The second-order valence-corrected chi connectivity index (χ2v) is 16.0. The lowest BCUT2D eigenvalue weighted by Gasteiger charge is -2.31. The first-order chi connectivity index (χ1) is 30.7. The van der Waals surface area contributed by atoms with Crippen molar-refractivity contribution in [3.8, 4) is 22.5 Å². The molecule has 1 amide bonds. The van der Waals surface area contributed by atoms with Crippen LogP contribution >= 0.6 is 12.4 Å². The van der Waals surface area contributed by atoms with E-state index in [-0.39, 0.29) is 49.3 Å². The summed E-state index contributed by atoms with van der Waals surface area (Å²) in [6.45, 7) is 6.44. The zero-order chi connectivity index (χ0) is 44.1. The van der Waals surface area contributed by atoms with Gasteiger partial charge in [0, 0.05) is 41.8 Å². The molecule has 0 bridgehead atoms. The smallest absolute Gasteiger partial charge is 0.308 e. The second kappa shape index (κ2) is 23.8. The van der Waals surface area contributed by atoms with Gasteiger partial charge >= 0.3 is 5.97 Å². The fourth-order valence-corrected chi connectivity index (χ4v) is 8.79. The van der Waals surface area contributed by atoms with Crippen LogP contribution in [-0.2, 0) is 53.3 Å². The summed E-state index contributed by atoms with van der Waals surface area (Å²) >= 11 is 0. The molecule has 1 N–H and O–H groups in total. The number of carbonyl (C=O) groups is 2. The van der Waals surface area contributed by atoms with Crippen LogP contribution in [-0.4, -0.2) is 63.2 Å². The van der Waals surface area contributed by atoms with Gasteiger partial charge in [0.2, 0.25) is 5.91 Å². The molecular formula is C51H60ClF3N6O3. The average Bonchev–Trinajstić information content (AvgIpc) is 3.87. The summed E-state index contributed by atoms with van der Waals surface area (Å²) in [5.74, 6) is -0.114. The molecule has 9 nitrogen and oxygen atoms in total. The zero-order valence-electron chi connectivity index (χ0n) is 36.7. The number of hydrogen-bond donors (Lipinski definition) is 1. The number of hydrogen-bond acceptors (Lipinski definition) is 6. The third kappa shape index (κ3) is 12.1. The first kappa shape index (κ1) is 47.8. The van der Waals surface area contributed by atoms with E-state index in [9.17, 15) is 22.8 Å². The summed E-state index contributed by atoms with van der Waals surface area (Å²) in [7, 11) is -1.00. The van der Waals surface area contributed by atoms with E-state index in [1.807, 2.05) is 65.0 Å². The van der Waals surface area contributed by atoms with Crippen molar-refractivity contribution in [1.29, 1.82) is 0 Å². The van der Waals surface area contributed by atoms with Crippen molar-refractivity contribution in [3.63, 3.8) is 0 Å². The highest BCUT2D eigenvalue weighted by Crippen LogP contribution is 2.35. The molecule has 4 heterocycles. The van der Waals surface area contributed by atoms with Gasteiger partial charge in [-0.1, -0.05) is 92.4 Å². The van der Waals surface area contributed by atoms with Crippen LogP contribution in [0.25, 0.3) is 22.5 Å². The molecule has 64 heavy (non-hydrogen) atoms. The average molecular weight is 899 g/mol. The van der Waals surface area contributed by atoms with E-state index < -0.39 is 7.15 Å². The number of benzene rings is 4. The van der Waals surface area contributed by atoms with E-state index in [0.29, 0.717) is 45.1 Å². The second-order valence-electron chi connectivity index (χ2n) is 16.0. The topological polar surface area (TPSA) is 94.3 Å². The third-order valence-electron chi connectivity index (χ3n) is 12.0. The minimum atomic E-state index is -1.00. The lowest BCUT2D eigenvalue weighted by atomic mass is 9.80. The molecule has 9 rings (SSSR count). The molecule has 1 saturated carbocycles. The number of ether oxygens (including phenoxy) is 1. The summed E-state index contributed by atoms with van der Waals surface area (Å²) in [4.78, 5) is 27.3. The molecule has 0 radical (unpaired) electrons. The summed E-state index contributed by atoms with van der Waals surface area (Å²) in [6.07, 6.45) is 5.62. The number of amides is 1. The highest BCUT2D eigenvalue weighted by atomic mass is 35.5. The largest absolute Gasteiger partial charge is 0.466 e. The molecular weight excluding hydrogens is 837 g/mol. The Kier molecular flexibility index (Phi) is 17.8. The number of rotatable bonds is 10. The van der Waals surface area contributed by atoms with Crippen LogP contribution in [0.5, 0.6) is 0 Å². The van der Waals surface area contributed by atoms with Crippen molar-refractivity contribution in [2.45, 2.75) is 85.5 Å². The third-order valence-corrected chi connectivity index (χ3v) is 12.0. The Labute approximate surface area is 382 Å². The number of fused-ring (bicyclic) bond motifs is 2. The number of esters is 1. The lowest BCUT2D eigenvalue weighted by molar-refractivity contribution is -0.149. The quantitative estimate of drug-likeness (QED) is 0.138. The summed E-state index contributed by atoms with van der Waals surface area (Å²) in [5, 5.41) is 13.3. The Balaban J connectivity index is 0.000000243. The Hall–Kier alpha value is -5.72. The van der Waals surface area contributed by atoms with Gasteiger partial charge < -0.3 is 15.0 Å². The van der Waals surface area contributed by atoms with Crippen LogP contribution in [0.4, 0.5) is 13.2 Å². The minimum absolute atomic E-state index is 0. The molecule has 0 saturated heterocycles. The molecule has 4 aromatic carbocycles. The van der Waals surface area contributed by atoms with E-state index in [4.69, 9.17) is 16.3 Å². The van der Waals surface area contributed by atoms with Gasteiger partial charge in [-0.3, -0.25) is 23.3 Å². The standard InChI is InChI=1S/C30H34FN3O3.C19H18FN3.CH3F.CH4.ClH/c1-2-37-30(36)24-12-8-21(9-13-24)18-28(35)33-17-16-26-27(20-33)34(19-22-10-14-25(31)15-11-22)32-29(26)23-6-4-3-5-7-23;20-16-8-6-14(7-9-16)13-23-18-12-21-11-10-17(18)19(22-23)15-4-2-1-3-5-15;1-2;;/h3-7,10-11,14-15,21,24H,2,8-9,12-13,16-20H2,1H3;1-9,21H,10-13H2;1H3;1H4;1H/i;;1D;;. The normalized spacial score (nSPS) is 16.4. The number of halogens is 4. The van der Waals surface area contributed by atoms with E-state index in [1.54, 1.807) is 12.1 Å². The Morgan fingerprint density at radius 1 is 0.750 bits per heavy atom. The van der Waals surface area contributed by atoms with Crippen molar-refractivity contribution in [2.75, 3.05) is 26.8 Å². The molecule has 1 fully saturated rings. The first-order valence-corrected chi connectivity index (χ1v) is 21.5. The molecule has 340 valence electrons. The Morgan fingerprint density at radius 3 is 1.77 bits per heavy atom. The predicted molar refractivity (Wildman–Crippen MR) is 249 cm³/mol. The first-order valence-electron chi connectivity index (χ1n) is 22.2. The van der Waals surface area contributed by atoms with Crippen LogP contribution in [0.1, 0.15) is 81.5 Å². The highest BCUT2D eigenvalue weighted by Gasteiger charge is 2.32. The fourth-order valence-electron chi connectivity index (χ4n) is 8.79. The molecule has 6 aromatic rings. The number of alkyl halides is 1. The minimum Gasteiger partial charge on any atom is -0.466 e. The van der Waals surface area contributed by atoms with E-state index >= 15 is 0 Å². The van der Waals surface area contributed by atoms with E-state index in [2.05, 4.69) is 34.3 Å². The van der Waals surface area contributed by atoms with E-state index in [1.165, 1.54) is 41.1 Å². The molecule has 2 aliphatic heterocycles. The zero-order valence-corrected chi connectivity index (χ0v) is 36.5. The van der Waals surface area contributed by atoms with Gasteiger partial charge in [0.1, 0.15) is 11.6 Å². The van der Waals surface area contributed by atoms with Crippen LogP contribution in [0.2, 0.25) is 0 Å². The van der Waals surface area contributed by atoms with Crippen molar-refractivity contribution in [3.05, 3.63) is 154 Å². The molecule has 0 atom stereocenters. The van der Waals surface area contributed by atoms with Crippen molar-refractivity contribution in [1.82, 2.24) is 29.8 Å². The lowest BCUT2D eigenvalue weighted by Crippen LogP contribution is -2.38. The maximum absolute atomic E-state index is 13.5. The fraction of sp³-hybridized carbons (Fsp3) is 0.373. The highest BCUT2D eigenvalue weighted by molar-refractivity contribution is 5.85. The van der Waals surface area contributed by atoms with Crippen LogP contribution < -0.4 is 5.32 Å². The molecule has 1 aliphatic carbocycles. The van der Waals surface area contributed by atoms with Crippen LogP contribution in [0, 0.1) is 23.5 Å². The van der Waals surface area contributed by atoms with Crippen LogP contribution in [0.3, 0.4) is 0 Å². The maximum Gasteiger partial charge on any atom is 0.308 e. The molecule has 3 aliphatic rings.